The molecule has 0 radical (unpaired) electrons. The number of aromatic nitrogens is 4. The van der Waals surface area contributed by atoms with Gasteiger partial charge in [0.1, 0.15) is 5.69 Å². The quantitative estimate of drug-likeness (QED) is 0.671. The summed E-state index contributed by atoms with van der Waals surface area (Å²) in [5.74, 6) is -0.201. The molecule has 1 aliphatic rings. The van der Waals surface area contributed by atoms with Crippen molar-refractivity contribution in [2.45, 2.75) is 26.2 Å². The lowest BCUT2D eigenvalue weighted by Crippen LogP contribution is -2.33. The fourth-order valence-electron chi connectivity index (χ4n) is 3.67. The lowest BCUT2D eigenvalue weighted by atomic mass is 10.1. The van der Waals surface area contributed by atoms with E-state index < -0.39 is 0 Å². The van der Waals surface area contributed by atoms with Crippen LogP contribution < -0.4 is 5.32 Å². The van der Waals surface area contributed by atoms with Gasteiger partial charge in [-0.1, -0.05) is 24.3 Å². The van der Waals surface area contributed by atoms with Crippen LogP contribution in [0.3, 0.4) is 0 Å². The molecule has 1 aromatic carbocycles. The lowest BCUT2D eigenvalue weighted by Gasteiger charge is -2.14. The first-order valence-corrected chi connectivity index (χ1v) is 10.2. The molecule has 1 fully saturated rings. The minimum absolute atomic E-state index is 0.201. The number of hydrogen-bond donors (Lipinski definition) is 1. The van der Waals surface area contributed by atoms with Gasteiger partial charge in [0.2, 0.25) is 0 Å². The van der Waals surface area contributed by atoms with Crippen LogP contribution in [0.15, 0.2) is 48.8 Å². The van der Waals surface area contributed by atoms with Crippen LogP contribution in [0.1, 0.15) is 35.8 Å². The minimum Gasteiger partial charge on any atom is -0.349 e. The van der Waals surface area contributed by atoms with Crippen molar-refractivity contribution < 1.29 is 4.79 Å². The van der Waals surface area contributed by atoms with Crippen molar-refractivity contribution in [1.82, 2.24) is 30.2 Å². The monoisotopic (exact) mass is 390 g/mol. The van der Waals surface area contributed by atoms with Gasteiger partial charge in [0.25, 0.3) is 5.91 Å². The number of hydrogen-bond acceptors (Lipinski definition) is 5. The van der Waals surface area contributed by atoms with Crippen LogP contribution in [-0.4, -0.2) is 57.0 Å². The Balaban J connectivity index is 1.61. The third-order valence-electron chi connectivity index (χ3n) is 5.34. The highest BCUT2D eigenvalue weighted by Crippen LogP contribution is 2.25. The number of carbonyl (C=O) groups is 1. The van der Waals surface area contributed by atoms with Gasteiger partial charge in [0.15, 0.2) is 5.69 Å². The lowest BCUT2D eigenvalue weighted by molar-refractivity contribution is 0.0945. The van der Waals surface area contributed by atoms with E-state index in [2.05, 4.69) is 44.6 Å². The van der Waals surface area contributed by atoms with Crippen molar-refractivity contribution >= 4 is 5.91 Å². The smallest absolute Gasteiger partial charge is 0.274 e. The second-order valence-corrected chi connectivity index (χ2v) is 7.26. The highest BCUT2D eigenvalue weighted by Gasteiger charge is 2.22. The first kappa shape index (κ1) is 19.3. The first-order chi connectivity index (χ1) is 14.3. The van der Waals surface area contributed by atoms with Crippen LogP contribution in [0.25, 0.3) is 16.9 Å². The fraction of sp³-hybridized carbons (Fsp3) is 0.364. The molecule has 0 aliphatic carbocycles. The van der Waals surface area contributed by atoms with Crippen LogP contribution >= 0.6 is 0 Å². The molecule has 4 rings (SSSR count). The molecular weight excluding hydrogens is 364 g/mol. The zero-order valence-electron chi connectivity index (χ0n) is 16.7. The number of aryl methyl sites for hydroxylation is 1. The molecule has 7 nitrogen and oxygen atoms in total. The van der Waals surface area contributed by atoms with Crippen LogP contribution in [0, 0.1) is 0 Å². The number of pyridine rings is 1. The number of carbonyl (C=O) groups excluding carboxylic acids is 1. The predicted molar refractivity (Wildman–Crippen MR) is 112 cm³/mol. The Hall–Kier alpha value is -3.06. The molecule has 1 amide bonds. The Morgan fingerprint density at radius 3 is 2.48 bits per heavy atom. The van der Waals surface area contributed by atoms with Crippen molar-refractivity contribution in [3.05, 3.63) is 60.0 Å². The van der Waals surface area contributed by atoms with Gasteiger partial charge in [-0.2, -0.15) is 0 Å². The van der Waals surface area contributed by atoms with E-state index in [9.17, 15) is 4.79 Å². The topological polar surface area (TPSA) is 75.9 Å². The van der Waals surface area contributed by atoms with Gasteiger partial charge in [-0.05, 0) is 62.2 Å². The molecule has 0 unspecified atom stereocenters. The average molecular weight is 390 g/mol. The second-order valence-electron chi connectivity index (χ2n) is 7.26. The Morgan fingerprint density at radius 1 is 1.07 bits per heavy atom. The van der Waals surface area contributed by atoms with Gasteiger partial charge in [-0.15, -0.1) is 5.10 Å². The van der Waals surface area contributed by atoms with E-state index in [0.29, 0.717) is 17.9 Å². The predicted octanol–water partition coefficient (Wildman–Crippen LogP) is 2.72. The number of nitrogens with one attached hydrogen (secondary N) is 1. The number of nitrogens with zero attached hydrogens (tertiary/aromatic N) is 5. The maximum absolute atomic E-state index is 12.9. The summed E-state index contributed by atoms with van der Waals surface area (Å²) in [5.41, 5.74) is 3.98. The molecule has 29 heavy (non-hydrogen) atoms. The molecule has 0 atom stereocenters. The van der Waals surface area contributed by atoms with Crippen LogP contribution in [-0.2, 0) is 6.42 Å². The molecule has 3 aromatic rings. The molecule has 1 N–H and O–H groups in total. The molecule has 7 heteroatoms. The van der Waals surface area contributed by atoms with Gasteiger partial charge in [-0.3, -0.25) is 9.78 Å². The van der Waals surface area contributed by atoms with Crippen molar-refractivity contribution in [2.24, 2.45) is 0 Å². The normalized spacial score (nSPS) is 14.2. The maximum Gasteiger partial charge on any atom is 0.274 e. The van der Waals surface area contributed by atoms with Crippen molar-refractivity contribution in [3.63, 3.8) is 0 Å². The molecule has 0 saturated carbocycles. The molecule has 150 valence electrons. The molecule has 2 aromatic heterocycles. The number of likely N-dealkylation sites (tertiary alicyclic amines) is 1. The van der Waals surface area contributed by atoms with Gasteiger partial charge in [0.05, 0.1) is 5.69 Å². The summed E-state index contributed by atoms with van der Waals surface area (Å²) < 4.78 is 1.73. The maximum atomic E-state index is 12.9. The Morgan fingerprint density at radius 2 is 1.79 bits per heavy atom. The third-order valence-corrected chi connectivity index (χ3v) is 5.34. The molecule has 3 heterocycles. The van der Waals surface area contributed by atoms with E-state index in [0.717, 1.165) is 37.3 Å². The van der Waals surface area contributed by atoms with E-state index >= 15 is 0 Å². The van der Waals surface area contributed by atoms with Gasteiger partial charge < -0.3 is 10.2 Å². The van der Waals surface area contributed by atoms with E-state index in [4.69, 9.17) is 0 Å². The average Bonchev–Trinajstić information content (AvgIpc) is 3.44. The van der Waals surface area contributed by atoms with Crippen LogP contribution in [0.5, 0.6) is 0 Å². The van der Waals surface area contributed by atoms with E-state index in [1.807, 2.05) is 24.3 Å². The first-order valence-electron chi connectivity index (χ1n) is 10.2. The van der Waals surface area contributed by atoms with E-state index in [1.165, 1.54) is 18.4 Å². The third kappa shape index (κ3) is 4.35. The van der Waals surface area contributed by atoms with Crippen LogP contribution in [0.4, 0.5) is 0 Å². The highest BCUT2D eigenvalue weighted by molar-refractivity contribution is 5.98. The number of rotatable bonds is 7. The zero-order valence-corrected chi connectivity index (χ0v) is 16.7. The van der Waals surface area contributed by atoms with Crippen molar-refractivity contribution in [2.75, 3.05) is 26.2 Å². The van der Waals surface area contributed by atoms with E-state index in [1.54, 1.807) is 17.1 Å². The largest absolute Gasteiger partial charge is 0.349 e. The highest BCUT2D eigenvalue weighted by atomic mass is 16.2. The Bertz CT molecular complexity index is 945. The summed E-state index contributed by atoms with van der Waals surface area (Å²) in [5, 5.41) is 11.5. The minimum atomic E-state index is -0.201. The molecule has 0 spiro atoms. The standard InChI is InChI=1S/C22H26N6O/c1-2-17-5-7-19(8-6-17)28-21(18-9-11-23-12-10-18)20(25-26-28)22(29)24-13-16-27-14-3-4-15-27/h5-12H,2-4,13-16H2,1H3,(H,24,29). The summed E-state index contributed by atoms with van der Waals surface area (Å²) >= 11 is 0. The summed E-state index contributed by atoms with van der Waals surface area (Å²) in [7, 11) is 0. The molecule has 1 saturated heterocycles. The molecular formula is C22H26N6O. The summed E-state index contributed by atoms with van der Waals surface area (Å²) in [4.78, 5) is 19.4. The SMILES string of the molecule is CCc1ccc(-n2nnc(C(=O)NCCN3CCCC3)c2-c2ccncc2)cc1. The zero-order chi connectivity index (χ0) is 20.1. The Labute approximate surface area is 170 Å². The van der Waals surface area contributed by atoms with E-state index in [-0.39, 0.29) is 5.91 Å². The number of amides is 1. The molecule has 0 bridgehead atoms. The van der Waals surface area contributed by atoms with Crippen molar-refractivity contribution in [3.8, 4) is 16.9 Å². The van der Waals surface area contributed by atoms with Gasteiger partial charge in [0, 0.05) is 31.0 Å². The summed E-state index contributed by atoms with van der Waals surface area (Å²) in [6.45, 7) is 5.82. The van der Waals surface area contributed by atoms with Gasteiger partial charge in [-0.25, -0.2) is 4.68 Å². The summed E-state index contributed by atoms with van der Waals surface area (Å²) in [6.07, 6.45) is 6.87. The second kappa shape index (κ2) is 8.96. The van der Waals surface area contributed by atoms with Crippen molar-refractivity contribution in [1.29, 1.82) is 0 Å². The number of benzene rings is 1. The fourth-order valence-corrected chi connectivity index (χ4v) is 3.67. The molecule has 1 aliphatic heterocycles. The Kier molecular flexibility index (Phi) is 5.95. The summed E-state index contributed by atoms with van der Waals surface area (Å²) in [6, 6.07) is 11.9. The van der Waals surface area contributed by atoms with Gasteiger partial charge >= 0.3 is 0 Å². The van der Waals surface area contributed by atoms with Crippen LogP contribution in [0.2, 0.25) is 0 Å².